The van der Waals surface area contributed by atoms with Crippen LogP contribution in [0.3, 0.4) is 0 Å². The first-order valence-corrected chi connectivity index (χ1v) is 8.02. The van der Waals surface area contributed by atoms with Crippen LogP contribution in [-0.4, -0.2) is 34.3 Å². The number of hydrogen-bond acceptors (Lipinski definition) is 6. The molecule has 0 saturated carbocycles. The van der Waals surface area contributed by atoms with Crippen LogP contribution in [0.4, 0.5) is 5.95 Å². The molecule has 2 aromatic rings. The van der Waals surface area contributed by atoms with Crippen molar-refractivity contribution in [3.05, 3.63) is 11.8 Å². The Bertz CT molecular complexity index is 692. The van der Waals surface area contributed by atoms with Gasteiger partial charge in [-0.15, -0.1) is 0 Å². The second kappa shape index (κ2) is 5.12. The number of sulfone groups is 1. The van der Waals surface area contributed by atoms with Crippen molar-refractivity contribution in [2.45, 2.75) is 37.8 Å². The van der Waals surface area contributed by atoms with Crippen molar-refractivity contribution in [2.24, 2.45) is 0 Å². The van der Waals surface area contributed by atoms with E-state index in [-0.39, 0.29) is 11.1 Å². The first-order valence-electron chi connectivity index (χ1n) is 6.13. The molecule has 0 fully saturated rings. The van der Waals surface area contributed by atoms with E-state index in [0.717, 1.165) is 37.5 Å². The lowest BCUT2D eigenvalue weighted by molar-refractivity contribution is 0.592. The molecule has 7 nitrogen and oxygen atoms in total. The van der Waals surface area contributed by atoms with Gasteiger partial charge in [-0.2, -0.15) is 19.6 Å². The average molecular weight is 283 g/mol. The molecule has 0 amide bonds. The SMILES string of the molecule is CCCCCc1cnn2c(N)nc(S(C)(=O)=O)nc12. The molecule has 2 rings (SSSR count). The highest BCUT2D eigenvalue weighted by molar-refractivity contribution is 7.90. The number of unbranched alkanes of at least 4 members (excludes halogenated alkanes) is 2. The van der Waals surface area contributed by atoms with Gasteiger partial charge in [0.25, 0.3) is 5.16 Å². The third kappa shape index (κ3) is 2.83. The molecule has 0 bridgehead atoms. The Morgan fingerprint density at radius 3 is 2.68 bits per heavy atom. The Balaban J connectivity index is 2.48. The van der Waals surface area contributed by atoms with E-state index in [2.05, 4.69) is 22.0 Å². The Labute approximate surface area is 111 Å². The summed E-state index contributed by atoms with van der Waals surface area (Å²) >= 11 is 0. The summed E-state index contributed by atoms with van der Waals surface area (Å²) in [4.78, 5) is 7.83. The van der Waals surface area contributed by atoms with Gasteiger partial charge in [0.15, 0.2) is 5.65 Å². The maximum Gasteiger partial charge on any atom is 0.252 e. The molecule has 0 aliphatic heterocycles. The number of aromatic nitrogens is 4. The summed E-state index contributed by atoms with van der Waals surface area (Å²) in [7, 11) is -3.48. The molecule has 0 spiro atoms. The lowest BCUT2D eigenvalue weighted by Gasteiger charge is -2.03. The highest BCUT2D eigenvalue weighted by Gasteiger charge is 2.17. The van der Waals surface area contributed by atoms with Gasteiger partial charge in [0.2, 0.25) is 15.8 Å². The quantitative estimate of drug-likeness (QED) is 0.816. The first kappa shape index (κ1) is 13.7. The summed E-state index contributed by atoms with van der Waals surface area (Å²) in [5, 5.41) is 3.84. The predicted octanol–water partition coefficient (Wildman–Crippen LogP) is 0.843. The van der Waals surface area contributed by atoms with Crippen LogP contribution in [0.15, 0.2) is 11.4 Å². The predicted molar refractivity (Wildman–Crippen MR) is 71.5 cm³/mol. The zero-order valence-corrected chi connectivity index (χ0v) is 11.8. The third-order valence-corrected chi connectivity index (χ3v) is 3.67. The number of rotatable bonds is 5. The summed E-state index contributed by atoms with van der Waals surface area (Å²) in [6.45, 7) is 2.12. The fraction of sp³-hybridized carbons (Fsp3) is 0.545. The van der Waals surface area contributed by atoms with Crippen LogP contribution in [0.1, 0.15) is 31.7 Å². The highest BCUT2D eigenvalue weighted by atomic mass is 32.2. The van der Waals surface area contributed by atoms with Gasteiger partial charge in [-0.3, -0.25) is 0 Å². The van der Waals surface area contributed by atoms with E-state index in [1.54, 1.807) is 6.20 Å². The minimum Gasteiger partial charge on any atom is -0.368 e. The lowest BCUT2D eigenvalue weighted by atomic mass is 10.1. The molecule has 0 saturated heterocycles. The van der Waals surface area contributed by atoms with Gasteiger partial charge in [-0.05, 0) is 12.8 Å². The van der Waals surface area contributed by atoms with E-state index >= 15 is 0 Å². The van der Waals surface area contributed by atoms with E-state index < -0.39 is 9.84 Å². The van der Waals surface area contributed by atoms with Crippen molar-refractivity contribution in [3.63, 3.8) is 0 Å². The molecule has 0 radical (unpaired) electrons. The molecule has 0 aliphatic carbocycles. The van der Waals surface area contributed by atoms with Crippen LogP contribution in [0.5, 0.6) is 0 Å². The second-order valence-electron chi connectivity index (χ2n) is 4.50. The molecular formula is C11H17N5O2S. The van der Waals surface area contributed by atoms with Gasteiger partial charge in [-0.25, -0.2) is 8.42 Å². The number of hydrogen-bond donors (Lipinski definition) is 1. The molecule has 2 N–H and O–H groups in total. The van der Waals surface area contributed by atoms with Gasteiger partial charge >= 0.3 is 0 Å². The molecule has 8 heteroatoms. The summed E-state index contributed by atoms with van der Waals surface area (Å²) in [5.41, 5.74) is 7.08. The van der Waals surface area contributed by atoms with Crippen LogP contribution >= 0.6 is 0 Å². The first-order chi connectivity index (χ1) is 8.93. The second-order valence-corrected chi connectivity index (χ2v) is 6.41. The van der Waals surface area contributed by atoms with Crippen LogP contribution in [0, 0.1) is 0 Å². The minimum atomic E-state index is -3.48. The van der Waals surface area contributed by atoms with Crippen molar-refractivity contribution >= 4 is 21.4 Å². The normalized spacial score (nSPS) is 12.1. The molecule has 0 unspecified atom stereocenters. The van der Waals surface area contributed by atoms with Crippen molar-refractivity contribution in [3.8, 4) is 0 Å². The Hall–Kier alpha value is -1.70. The van der Waals surface area contributed by atoms with Crippen molar-refractivity contribution in [1.29, 1.82) is 0 Å². The van der Waals surface area contributed by atoms with Crippen molar-refractivity contribution in [1.82, 2.24) is 19.6 Å². The number of anilines is 1. The zero-order valence-electron chi connectivity index (χ0n) is 11.0. The van der Waals surface area contributed by atoms with E-state index in [0.29, 0.717) is 5.65 Å². The number of nitrogens with two attached hydrogens (primary N) is 1. The summed E-state index contributed by atoms with van der Waals surface area (Å²) < 4.78 is 24.4. The fourth-order valence-electron chi connectivity index (χ4n) is 1.83. The van der Waals surface area contributed by atoms with Gasteiger partial charge in [-0.1, -0.05) is 19.8 Å². The van der Waals surface area contributed by atoms with Gasteiger partial charge in [0.1, 0.15) is 0 Å². The van der Waals surface area contributed by atoms with Crippen molar-refractivity contribution in [2.75, 3.05) is 12.0 Å². The standard InChI is InChI=1S/C11H17N5O2S/c1-3-4-5-6-8-7-13-16-9(8)14-11(15-10(16)12)19(2,17)18/h7H,3-6H2,1-2H3,(H2,12,14,15). The average Bonchev–Trinajstić information content (AvgIpc) is 2.72. The molecule has 19 heavy (non-hydrogen) atoms. The van der Waals surface area contributed by atoms with Crippen LogP contribution < -0.4 is 5.73 Å². The minimum absolute atomic E-state index is 0.0344. The van der Waals surface area contributed by atoms with Gasteiger partial charge in [0.05, 0.1) is 6.20 Å². The molecule has 0 aromatic carbocycles. The molecule has 0 atom stereocenters. The molecule has 104 valence electrons. The monoisotopic (exact) mass is 283 g/mol. The Kier molecular flexibility index (Phi) is 3.70. The molecule has 0 aliphatic rings. The molecular weight excluding hydrogens is 266 g/mol. The van der Waals surface area contributed by atoms with Crippen LogP contribution in [0.25, 0.3) is 5.65 Å². The molecule has 2 heterocycles. The van der Waals surface area contributed by atoms with Crippen LogP contribution in [-0.2, 0) is 16.3 Å². The van der Waals surface area contributed by atoms with E-state index in [4.69, 9.17) is 5.73 Å². The number of nitrogens with zero attached hydrogens (tertiary/aromatic N) is 4. The van der Waals surface area contributed by atoms with E-state index in [1.807, 2.05) is 0 Å². The van der Waals surface area contributed by atoms with Crippen LogP contribution in [0.2, 0.25) is 0 Å². The molecule has 2 aromatic heterocycles. The summed E-state index contributed by atoms with van der Waals surface area (Å²) in [6, 6.07) is 0. The maximum atomic E-state index is 11.5. The number of fused-ring (bicyclic) bond motifs is 1. The largest absolute Gasteiger partial charge is 0.368 e. The smallest absolute Gasteiger partial charge is 0.252 e. The van der Waals surface area contributed by atoms with Crippen molar-refractivity contribution < 1.29 is 8.42 Å². The Morgan fingerprint density at radius 1 is 1.32 bits per heavy atom. The maximum absolute atomic E-state index is 11.5. The van der Waals surface area contributed by atoms with Gasteiger partial charge < -0.3 is 5.73 Å². The third-order valence-electron chi connectivity index (χ3n) is 2.83. The number of aryl methyl sites for hydroxylation is 1. The summed E-state index contributed by atoms with van der Waals surface area (Å²) in [5.74, 6) is 0.0344. The van der Waals surface area contributed by atoms with E-state index in [1.165, 1.54) is 4.52 Å². The topological polar surface area (TPSA) is 103 Å². The lowest BCUT2D eigenvalue weighted by Crippen LogP contribution is -2.11. The summed E-state index contributed by atoms with van der Waals surface area (Å²) in [6.07, 6.45) is 6.77. The Morgan fingerprint density at radius 2 is 2.05 bits per heavy atom. The zero-order chi connectivity index (χ0) is 14.0. The highest BCUT2D eigenvalue weighted by Crippen LogP contribution is 2.16. The van der Waals surface area contributed by atoms with E-state index in [9.17, 15) is 8.42 Å². The van der Waals surface area contributed by atoms with Gasteiger partial charge in [0, 0.05) is 11.8 Å². The fourth-order valence-corrected chi connectivity index (χ4v) is 2.34. The number of nitrogen functional groups attached to an aromatic ring is 1.